The number of hydrazone groups is 1. The molecular formula is C20H16BrFN6O. The lowest BCUT2D eigenvalue weighted by Gasteiger charge is -2.16. The van der Waals surface area contributed by atoms with E-state index in [1.807, 2.05) is 12.1 Å². The zero-order valence-corrected chi connectivity index (χ0v) is 17.2. The fourth-order valence-electron chi connectivity index (χ4n) is 2.66. The van der Waals surface area contributed by atoms with Crippen LogP contribution in [0, 0.1) is 17.1 Å². The molecule has 146 valence electrons. The summed E-state index contributed by atoms with van der Waals surface area (Å²) < 4.78 is 14.2. The second-order valence-electron chi connectivity index (χ2n) is 6.20. The molecule has 7 nitrogen and oxygen atoms in total. The summed E-state index contributed by atoms with van der Waals surface area (Å²) >= 11 is 3.33. The molecule has 0 amide bonds. The largest absolute Gasteiger partial charge is 0.377 e. The van der Waals surface area contributed by atoms with Gasteiger partial charge in [0.2, 0.25) is 5.95 Å². The number of nitrogens with zero attached hydrogens (tertiary/aromatic N) is 4. The highest BCUT2D eigenvalue weighted by Gasteiger charge is 2.13. The first-order chi connectivity index (χ1) is 13.9. The SMILES string of the molecule is CN(C)c1cc(F)cc(Br)c1C=NNc1nc(-c2ccccc2)c(C#N)c(=O)[nH]1. The average Bonchev–Trinajstić information content (AvgIpc) is 2.69. The van der Waals surface area contributed by atoms with Crippen LogP contribution in [0.15, 0.2) is 56.8 Å². The van der Waals surface area contributed by atoms with E-state index >= 15 is 0 Å². The number of H-pyrrole nitrogens is 1. The van der Waals surface area contributed by atoms with Crippen molar-refractivity contribution in [3.63, 3.8) is 0 Å². The number of hydrogen-bond donors (Lipinski definition) is 2. The average molecular weight is 455 g/mol. The van der Waals surface area contributed by atoms with E-state index in [-0.39, 0.29) is 23.0 Å². The van der Waals surface area contributed by atoms with Gasteiger partial charge in [0, 0.05) is 35.4 Å². The third kappa shape index (κ3) is 4.50. The Morgan fingerprint density at radius 2 is 2.03 bits per heavy atom. The van der Waals surface area contributed by atoms with Gasteiger partial charge in [-0.15, -0.1) is 0 Å². The molecule has 2 aromatic carbocycles. The fourth-order valence-corrected chi connectivity index (χ4v) is 3.19. The Labute approximate surface area is 174 Å². The van der Waals surface area contributed by atoms with Gasteiger partial charge in [-0.25, -0.2) is 14.8 Å². The molecule has 0 bridgehead atoms. The second-order valence-corrected chi connectivity index (χ2v) is 7.06. The van der Waals surface area contributed by atoms with E-state index in [0.29, 0.717) is 21.3 Å². The Morgan fingerprint density at radius 3 is 2.69 bits per heavy atom. The van der Waals surface area contributed by atoms with Crippen molar-refractivity contribution in [1.82, 2.24) is 9.97 Å². The number of anilines is 2. The molecule has 1 aromatic heterocycles. The second kappa shape index (κ2) is 8.67. The normalized spacial score (nSPS) is 10.7. The molecule has 3 rings (SSSR count). The monoisotopic (exact) mass is 454 g/mol. The van der Waals surface area contributed by atoms with Crippen molar-refractivity contribution < 1.29 is 4.39 Å². The summed E-state index contributed by atoms with van der Waals surface area (Å²) in [6, 6.07) is 13.5. The quantitative estimate of drug-likeness (QED) is 0.452. The summed E-state index contributed by atoms with van der Waals surface area (Å²) in [4.78, 5) is 20.8. The smallest absolute Gasteiger partial charge is 0.270 e. The Hall–Kier alpha value is -3.51. The van der Waals surface area contributed by atoms with Crippen molar-refractivity contribution >= 4 is 33.8 Å². The molecule has 0 aliphatic carbocycles. The summed E-state index contributed by atoms with van der Waals surface area (Å²) in [5.41, 5.74) is 4.16. The highest BCUT2D eigenvalue weighted by Crippen LogP contribution is 2.27. The zero-order valence-electron chi connectivity index (χ0n) is 15.6. The molecule has 0 saturated carbocycles. The van der Waals surface area contributed by atoms with Crippen LogP contribution in [0.25, 0.3) is 11.3 Å². The van der Waals surface area contributed by atoms with E-state index in [9.17, 15) is 14.4 Å². The van der Waals surface area contributed by atoms with E-state index < -0.39 is 5.56 Å². The van der Waals surface area contributed by atoms with Crippen molar-refractivity contribution in [3.8, 4) is 17.3 Å². The molecule has 0 spiro atoms. The summed E-state index contributed by atoms with van der Waals surface area (Å²) in [5, 5.41) is 13.4. The Balaban J connectivity index is 1.96. The van der Waals surface area contributed by atoms with Crippen molar-refractivity contribution in [2.75, 3.05) is 24.4 Å². The van der Waals surface area contributed by atoms with E-state index in [2.05, 4.69) is 36.4 Å². The van der Waals surface area contributed by atoms with E-state index in [1.54, 1.807) is 43.3 Å². The molecule has 0 atom stereocenters. The number of halogens is 2. The third-order valence-corrected chi connectivity index (χ3v) is 4.65. The topological polar surface area (TPSA) is 97.2 Å². The summed E-state index contributed by atoms with van der Waals surface area (Å²) in [6.07, 6.45) is 1.49. The zero-order chi connectivity index (χ0) is 21.0. The molecule has 29 heavy (non-hydrogen) atoms. The lowest BCUT2D eigenvalue weighted by molar-refractivity contribution is 0.626. The van der Waals surface area contributed by atoms with Crippen LogP contribution in [0.2, 0.25) is 0 Å². The number of nitrogens with one attached hydrogen (secondary N) is 2. The molecule has 3 aromatic rings. The van der Waals surface area contributed by atoms with Gasteiger partial charge in [0.1, 0.15) is 17.4 Å². The Morgan fingerprint density at radius 1 is 1.31 bits per heavy atom. The number of benzene rings is 2. The number of hydrogen-bond acceptors (Lipinski definition) is 6. The van der Waals surface area contributed by atoms with E-state index in [1.165, 1.54) is 18.3 Å². The maximum atomic E-state index is 13.7. The van der Waals surface area contributed by atoms with Crippen molar-refractivity contribution in [1.29, 1.82) is 5.26 Å². The van der Waals surface area contributed by atoms with Crippen LogP contribution in [0.4, 0.5) is 16.0 Å². The van der Waals surface area contributed by atoms with Crippen molar-refractivity contribution in [2.24, 2.45) is 5.10 Å². The Bertz CT molecular complexity index is 1170. The van der Waals surface area contributed by atoms with Gasteiger partial charge in [-0.1, -0.05) is 30.3 Å². The third-order valence-electron chi connectivity index (χ3n) is 4.00. The molecule has 0 aliphatic heterocycles. The number of nitriles is 1. The van der Waals surface area contributed by atoms with Gasteiger partial charge in [-0.2, -0.15) is 10.4 Å². The van der Waals surface area contributed by atoms with Gasteiger partial charge in [-0.3, -0.25) is 9.78 Å². The summed E-state index contributed by atoms with van der Waals surface area (Å²) in [5.74, 6) is -0.301. The van der Waals surface area contributed by atoms with Crippen molar-refractivity contribution in [3.05, 3.63) is 74.2 Å². The summed E-state index contributed by atoms with van der Waals surface area (Å²) in [6.45, 7) is 0. The number of rotatable bonds is 5. The van der Waals surface area contributed by atoms with E-state index in [4.69, 9.17) is 0 Å². The van der Waals surface area contributed by atoms with Gasteiger partial charge in [0.05, 0.1) is 11.9 Å². The van der Waals surface area contributed by atoms with Crippen LogP contribution in [-0.4, -0.2) is 30.3 Å². The fraction of sp³-hybridized carbons (Fsp3) is 0.100. The van der Waals surface area contributed by atoms with Gasteiger partial charge < -0.3 is 4.90 Å². The molecule has 9 heteroatoms. The molecule has 0 saturated heterocycles. The first-order valence-corrected chi connectivity index (χ1v) is 9.25. The molecule has 2 N–H and O–H groups in total. The van der Waals surface area contributed by atoms with Crippen LogP contribution < -0.4 is 15.9 Å². The molecule has 1 heterocycles. The Kier molecular flexibility index (Phi) is 6.04. The van der Waals surface area contributed by atoms with Crippen LogP contribution in [0.5, 0.6) is 0 Å². The maximum Gasteiger partial charge on any atom is 0.270 e. The van der Waals surface area contributed by atoms with Crippen molar-refractivity contribution in [2.45, 2.75) is 0 Å². The minimum atomic E-state index is -0.573. The van der Waals surface area contributed by atoms with Gasteiger partial charge in [0.25, 0.3) is 5.56 Å². The van der Waals surface area contributed by atoms with Gasteiger partial charge in [-0.05, 0) is 28.1 Å². The first-order valence-electron chi connectivity index (χ1n) is 8.46. The van der Waals surface area contributed by atoms with Gasteiger partial charge >= 0.3 is 0 Å². The van der Waals surface area contributed by atoms with Crippen LogP contribution >= 0.6 is 15.9 Å². The first kappa shape index (κ1) is 20.2. The number of aromatic nitrogens is 2. The molecule has 0 fully saturated rings. The lowest BCUT2D eigenvalue weighted by Crippen LogP contribution is -2.16. The van der Waals surface area contributed by atoms with Crippen LogP contribution in [0.3, 0.4) is 0 Å². The van der Waals surface area contributed by atoms with Crippen LogP contribution in [-0.2, 0) is 0 Å². The predicted molar refractivity (Wildman–Crippen MR) is 115 cm³/mol. The lowest BCUT2D eigenvalue weighted by atomic mass is 10.1. The standard InChI is InChI=1S/C20H16BrFN6O/c1-28(2)17-9-13(22)8-16(21)15(17)11-24-27-20-25-18(12-6-4-3-5-7-12)14(10-23)19(29)26-20/h3-9,11H,1-2H3,(H2,25,26,27,29). The molecule has 0 aliphatic rings. The summed E-state index contributed by atoms with van der Waals surface area (Å²) in [7, 11) is 3.58. The maximum absolute atomic E-state index is 13.7. The highest BCUT2D eigenvalue weighted by atomic mass is 79.9. The highest BCUT2D eigenvalue weighted by molar-refractivity contribution is 9.10. The minimum Gasteiger partial charge on any atom is -0.377 e. The minimum absolute atomic E-state index is 0.0775. The number of aromatic amines is 1. The predicted octanol–water partition coefficient (Wildman–Crippen LogP) is 3.72. The van der Waals surface area contributed by atoms with Crippen LogP contribution in [0.1, 0.15) is 11.1 Å². The van der Waals surface area contributed by atoms with E-state index in [0.717, 1.165) is 0 Å². The molecule has 0 unspecified atom stereocenters. The molecular weight excluding hydrogens is 439 g/mol. The molecule has 0 radical (unpaired) electrons. The van der Waals surface area contributed by atoms with Gasteiger partial charge in [0.15, 0.2) is 0 Å².